The van der Waals surface area contributed by atoms with E-state index in [0.29, 0.717) is 12.4 Å². The van der Waals surface area contributed by atoms with Gasteiger partial charge in [0, 0.05) is 11.5 Å². The van der Waals surface area contributed by atoms with Gasteiger partial charge in [0.15, 0.2) is 0 Å². The molecule has 80 valence electrons. The summed E-state index contributed by atoms with van der Waals surface area (Å²) in [4.78, 5) is 10.7. The van der Waals surface area contributed by atoms with Gasteiger partial charge in [-0.1, -0.05) is 6.07 Å². The predicted molar refractivity (Wildman–Crippen MR) is 53.5 cm³/mol. The lowest BCUT2D eigenvalue weighted by molar-refractivity contribution is -0.137. The number of aliphatic carboxylic acids is 1. The van der Waals surface area contributed by atoms with Gasteiger partial charge in [0.25, 0.3) is 0 Å². The van der Waals surface area contributed by atoms with Gasteiger partial charge in [-0.3, -0.25) is 4.79 Å². The first kappa shape index (κ1) is 9.83. The quantitative estimate of drug-likeness (QED) is 0.820. The van der Waals surface area contributed by atoms with E-state index >= 15 is 0 Å². The molecule has 0 aromatic heterocycles. The minimum atomic E-state index is -0.817. The number of methoxy groups -OCH3 is 1. The fraction of sp³-hybridized carbons (Fsp3) is 0.364. The zero-order valence-electron chi connectivity index (χ0n) is 8.40. The van der Waals surface area contributed by atoms with Crippen LogP contribution in [0, 0.1) is 0 Å². The standard InChI is InChI=1S/C11H12O4/c1-14-8-3-2-4-9-11(8)7(6-15-9)5-10(12)13/h2-4,7H,5-6H2,1H3,(H,12,13)/t7-/m0/s1. The maximum absolute atomic E-state index is 10.7. The van der Waals surface area contributed by atoms with Crippen LogP contribution in [0.3, 0.4) is 0 Å². The predicted octanol–water partition coefficient (Wildman–Crippen LogP) is 1.65. The van der Waals surface area contributed by atoms with Gasteiger partial charge in [0.05, 0.1) is 20.1 Å². The Bertz CT molecular complexity index is 386. The molecular weight excluding hydrogens is 196 g/mol. The molecule has 1 aliphatic rings. The Balaban J connectivity index is 2.35. The van der Waals surface area contributed by atoms with Crippen molar-refractivity contribution in [2.45, 2.75) is 12.3 Å². The van der Waals surface area contributed by atoms with Gasteiger partial charge in [0.1, 0.15) is 11.5 Å². The molecule has 2 rings (SSSR count). The summed E-state index contributed by atoms with van der Waals surface area (Å²) >= 11 is 0. The van der Waals surface area contributed by atoms with Crippen molar-refractivity contribution in [1.29, 1.82) is 0 Å². The molecule has 0 spiro atoms. The first-order chi connectivity index (χ1) is 7.22. The molecule has 1 N–H and O–H groups in total. The van der Waals surface area contributed by atoms with Gasteiger partial charge in [-0.25, -0.2) is 0 Å². The molecule has 4 heteroatoms. The minimum absolute atomic E-state index is 0.0768. The molecule has 0 bridgehead atoms. The van der Waals surface area contributed by atoms with Crippen LogP contribution in [0.25, 0.3) is 0 Å². The Hall–Kier alpha value is -1.71. The monoisotopic (exact) mass is 208 g/mol. The summed E-state index contributed by atoms with van der Waals surface area (Å²) in [6, 6.07) is 5.49. The van der Waals surface area contributed by atoms with E-state index in [1.54, 1.807) is 7.11 Å². The zero-order chi connectivity index (χ0) is 10.8. The van der Waals surface area contributed by atoms with E-state index in [0.717, 1.165) is 11.3 Å². The normalized spacial score (nSPS) is 18.1. The molecule has 1 heterocycles. The molecule has 0 radical (unpaired) electrons. The van der Waals surface area contributed by atoms with Crippen LogP contribution in [-0.4, -0.2) is 24.8 Å². The van der Waals surface area contributed by atoms with E-state index in [1.165, 1.54) is 0 Å². The summed E-state index contributed by atoms with van der Waals surface area (Å²) in [6.45, 7) is 0.419. The van der Waals surface area contributed by atoms with E-state index in [-0.39, 0.29) is 12.3 Å². The molecule has 15 heavy (non-hydrogen) atoms. The number of carboxylic acids is 1. The first-order valence-electron chi connectivity index (χ1n) is 4.74. The highest BCUT2D eigenvalue weighted by Gasteiger charge is 2.29. The van der Waals surface area contributed by atoms with Gasteiger partial charge < -0.3 is 14.6 Å². The van der Waals surface area contributed by atoms with E-state index in [9.17, 15) is 4.79 Å². The molecule has 1 atom stereocenters. The Morgan fingerprint density at radius 2 is 2.47 bits per heavy atom. The molecule has 0 fully saturated rings. The van der Waals surface area contributed by atoms with Crippen LogP contribution in [0.4, 0.5) is 0 Å². The van der Waals surface area contributed by atoms with Crippen LogP contribution in [0.15, 0.2) is 18.2 Å². The van der Waals surface area contributed by atoms with Gasteiger partial charge in [-0.05, 0) is 12.1 Å². The van der Waals surface area contributed by atoms with Gasteiger partial charge in [0.2, 0.25) is 0 Å². The molecule has 1 aliphatic heterocycles. The molecular formula is C11H12O4. The Morgan fingerprint density at radius 3 is 3.13 bits per heavy atom. The van der Waals surface area contributed by atoms with Crippen molar-refractivity contribution < 1.29 is 19.4 Å². The molecule has 1 aromatic rings. The number of fused-ring (bicyclic) bond motifs is 1. The summed E-state index contributed by atoms with van der Waals surface area (Å²) < 4.78 is 10.6. The fourth-order valence-corrected chi connectivity index (χ4v) is 1.88. The third-order valence-corrected chi connectivity index (χ3v) is 2.52. The van der Waals surface area contributed by atoms with Crippen molar-refractivity contribution in [2.75, 3.05) is 13.7 Å². The molecule has 0 aliphatic carbocycles. The average molecular weight is 208 g/mol. The number of benzene rings is 1. The molecule has 0 unspecified atom stereocenters. The highest BCUT2D eigenvalue weighted by molar-refractivity contribution is 5.69. The smallest absolute Gasteiger partial charge is 0.304 e. The second-order valence-corrected chi connectivity index (χ2v) is 3.48. The largest absolute Gasteiger partial charge is 0.496 e. The lowest BCUT2D eigenvalue weighted by atomic mass is 9.97. The Morgan fingerprint density at radius 1 is 1.67 bits per heavy atom. The van der Waals surface area contributed by atoms with Gasteiger partial charge in [-0.2, -0.15) is 0 Å². The topological polar surface area (TPSA) is 55.8 Å². The highest BCUT2D eigenvalue weighted by Crippen LogP contribution is 2.41. The van der Waals surface area contributed by atoms with E-state index in [4.69, 9.17) is 14.6 Å². The summed E-state index contributed by atoms with van der Waals surface area (Å²) in [5.74, 6) is 0.521. The maximum atomic E-state index is 10.7. The SMILES string of the molecule is COc1cccc2c1[C@@H](CC(=O)O)CO2. The Kier molecular flexibility index (Phi) is 2.49. The lowest BCUT2D eigenvalue weighted by Crippen LogP contribution is -2.08. The van der Waals surface area contributed by atoms with Crippen molar-refractivity contribution in [3.8, 4) is 11.5 Å². The van der Waals surface area contributed by atoms with Crippen molar-refractivity contribution in [3.63, 3.8) is 0 Å². The summed E-state index contributed by atoms with van der Waals surface area (Å²) in [6.07, 6.45) is 0.0768. The van der Waals surface area contributed by atoms with Crippen molar-refractivity contribution >= 4 is 5.97 Å². The van der Waals surface area contributed by atoms with Crippen LogP contribution in [0.2, 0.25) is 0 Å². The number of hydrogen-bond acceptors (Lipinski definition) is 3. The third kappa shape index (κ3) is 1.75. The van der Waals surface area contributed by atoms with Gasteiger partial charge >= 0.3 is 5.97 Å². The maximum Gasteiger partial charge on any atom is 0.304 e. The summed E-state index contributed by atoms with van der Waals surface area (Å²) in [5, 5.41) is 8.77. The van der Waals surface area contributed by atoms with E-state index < -0.39 is 5.97 Å². The number of carboxylic acid groups (broad SMARTS) is 1. The van der Waals surface area contributed by atoms with Gasteiger partial charge in [-0.15, -0.1) is 0 Å². The number of rotatable bonds is 3. The third-order valence-electron chi connectivity index (χ3n) is 2.52. The molecule has 4 nitrogen and oxygen atoms in total. The molecule has 0 saturated heterocycles. The first-order valence-corrected chi connectivity index (χ1v) is 4.74. The summed E-state index contributed by atoms with van der Waals surface area (Å²) in [5.41, 5.74) is 0.877. The van der Waals surface area contributed by atoms with E-state index in [2.05, 4.69) is 0 Å². The zero-order valence-corrected chi connectivity index (χ0v) is 8.40. The second kappa shape index (κ2) is 3.81. The number of carbonyl (C=O) groups is 1. The summed E-state index contributed by atoms with van der Waals surface area (Å²) in [7, 11) is 1.58. The van der Waals surface area contributed by atoms with Crippen LogP contribution >= 0.6 is 0 Å². The van der Waals surface area contributed by atoms with Crippen LogP contribution in [0.5, 0.6) is 11.5 Å². The minimum Gasteiger partial charge on any atom is -0.496 e. The van der Waals surface area contributed by atoms with Crippen molar-refractivity contribution in [3.05, 3.63) is 23.8 Å². The molecule has 0 amide bonds. The average Bonchev–Trinajstić information content (AvgIpc) is 2.61. The number of hydrogen-bond donors (Lipinski definition) is 1. The van der Waals surface area contributed by atoms with Crippen LogP contribution in [-0.2, 0) is 4.79 Å². The fourth-order valence-electron chi connectivity index (χ4n) is 1.88. The van der Waals surface area contributed by atoms with Crippen molar-refractivity contribution in [2.24, 2.45) is 0 Å². The van der Waals surface area contributed by atoms with E-state index in [1.807, 2.05) is 18.2 Å². The van der Waals surface area contributed by atoms with Crippen molar-refractivity contribution in [1.82, 2.24) is 0 Å². The second-order valence-electron chi connectivity index (χ2n) is 3.48. The Labute approximate surface area is 87.4 Å². The van der Waals surface area contributed by atoms with Crippen LogP contribution < -0.4 is 9.47 Å². The molecule has 1 aromatic carbocycles. The number of ether oxygens (including phenoxy) is 2. The molecule has 0 saturated carbocycles. The van der Waals surface area contributed by atoms with Crippen LogP contribution in [0.1, 0.15) is 17.9 Å². The highest BCUT2D eigenvalue weighted by atomic mass is 16.5. The lowest BCUT2D eigenvalue weighted by Gasteiger charge is -2.09.